The predicted octanol–water partition coefficient (Wildman–Crippen LogP) is -3.93. The second-order valence-electron chi connectivity index (χ2n) is 1.06. The summed E-state index contributed by atoms with van der Waals surface area (Å²) in [4.78, 5) is 31.0. The van der Waals surface area contributed by atoms with Crippen LogP contribution in [-0.2, 0) is 13.4 Å². The average Bonchev–Trinajstić information content (AvgIpc) is 1.14. The molecule has 0 bridgehead atoms. The van der Waals surface area contributed by atoms with Gasteiger partial charge in [0.1, 0.15) is 0 Å². The van der Waals surface area contributed by atoms with Crippen molar-refractivity contribution in [3.05, 3.63) is 0 Å². The fraction of sp³-hybridized carbons (Fsp3) is 0. The molecule has 0 aromatic heterocycles. The SMILES string of the molecule is O.O.O.O=P(O)(O)OP(=O)(O)O.[KH]. The summed E-state index contributed by atoms with van der Waals surface area (Å²) in [6.07, 6.45) is 0. The Morgan fingerprint density at radius 1 is 0.769 bits per heavy atom. The Morgan fingerprint density at radius 3 is 0.923 bits per heavy atom. The first-order valence-corrected chi connectivity index (χ1v) is 4.59. The number of rotatable bonds is 2. The van der Waals surface area contributed by atoms with Gasteiger partial charge >= 0.3 is 67.0 Å². The van der Waals surface area contributed by atoms with Gasteiger partial charge in [-0.25, -0.2) is 9.13 Å². The molecule has 10 N–H and O–H groups in total. The molecule has 82 valence electrons. The van der Waals surface area contributed by atoms with Crippen LogP contribution in [0.4, 0.5) is 0 Å². The summed E-state index contributed by atoms with van der Waals surface area (Å²) in [5.41, 5.74) is 0. The fourth-order valence-electron chi connectivity index (χ4n) is 0.139. The number of hydrogen-bond donors (Lipinski definition) is 4. The summed E-state index contributed by atoms with van der Waals surface area (Å²) in [7, 11) is -10.1. The van der Waals surface area contributed by atoms with Crippen LogP contribution in [0, 0.1) is 0 Å². The fourth-order valence-corrected chi connectivity index (χ4v) is 1.25. The van der Waals surface area contributed by atoms with Crippen molar-refractivity contribution in [1.29, 1.82) is 0 Å². The van der Waals surface area contributed by atoms with E-state index in [4.69, 9.17) is 19.6 Å². The van der Waals surface area contributed by atoms with Crippen LogP contribution in [0.15, 0.2) is 0 Å². The van der Waals surface area contributed by atoms with E-state index >= 15 is 0 Å². The van der Waals surface area contributed by atoms with E-state index in [1.165, 1.54) is 0 Å². The molecule has 13 heavy (non-hydrogen) atoms. The maximum atomic E-state index is 9.63. The molecule has 0 amide bonds. The van der Waals surface area contributed by atoms with Crippen LogP contribution in [0.2, 0.25) is 0 Å². The van der Waals surface area contributed by atoms with Crippen LogP contribution < -0.4 is 0 Å². The zero-order valence-electron chi connectivity index (χ0n) is 5.41. The molecule has 0 saturated heterocycles. The van der Waals surface area contributed by atoms with E-state index in [-0.39, 0.29) is 67.8 Å². The van der Waals surface area contributed by atoms with Gasteiger partial charge in [0.05, 0.1) is 0 Å². The Morgan fingerprint density at radius 2 is 0.923 bits per heavy atom. The first-order chi connectivity index (χ1) is 3.71. The van der Waals surface area contributed by atoms with Gasteiger partial charge < -0.3 is 36.0 Å². The third-order valence-corrected chi connectivity index (χ3v) is 1.91. The Balaban J connectivity index is -0.0000000533. The first-order valence-electron chi connectivity index (χ1n) is 1.53. The minimum absolute atomic E-state index is 0. The quantitative estimate of drug-likeness (QED) is 0.288. The van der Waals surface area contributed by atoms with Gasteiger partial charge in [0.25, 0.3) is 0 Å². The van der Waals surface area contributed by atoms with E-state index in [0.29, 0.717) is 0 Å². The molecule has 10 nitrogen and oxygen atoms in total. The molecule has 13 heteroatoms. The van der Waals surface area contributed by atoms with Crippen molar-refractivity contribution < 1.29 is 49.4 Å². The summed E-state index contributed by atoms with van der Waals surface area (Å²) in [5, 5.41) is 0. The van der Waals surface area contributed by atoms with Gasteiger partial charge in [0.15, 0.2) is 0 Å². The van der Waals surface area contributed by atoms with Crippen molar-refractivity contribution in [2.24, 2.45) is 0 Å². The molecule has 0 radical (unpaired) electrons. The van der Waals surface area contributed by atoms with Crippen molar-refractivity contribution in [1.82, 2.24) is 0 Å². The summed E-state index contributed by atoms with van der Waals surface area (Å²) in [6, 6.07) is 0. The summed E-state index contributed by atoms with van der Waals surface area (Å²) < 4.78 is 22.2. The van der Waals surface area contributed by atoms with E-state index < -0.39 is 15.6 Å². The van der Waals surface area contributed by atoms with E-state index in [1.54, 1.807) is 0 Å². The van der Waals surface area contributed by atoms with Crippen LogP contribution in [0.3, 0.4) is 0 Å². The molecule has 0 atom stereocenters. The summed E-state index contributed by atoms with van der Waals surface area (Å²) in [6.45, 7) is 0. The summed E-state index contributed by atoms with van der Waals surface area (Å²) >= 11 is 0. The average molecular weight is 272 g/mol. The molecule has 0 saturated carbocycles. The third kappa shape index (κ3) is 31.6. The Kier molecular flexibility index (Phi) is 23.2. The number of phosphoric acid groups is 2. The van der Waals surface area contributed by atoms with Crippen LogP contribution >= 0.6 is 15.6 Å². The minimum atomic E-state index is -5.05. The second kappa shape index (κ2) is 10.3. The van der Waals surface area contributed by atoms with Crippen molar-refractivity contribution in [2.75, 3.05) is 0 Å². The van der Waals surface area contributed by atoms with Crippen molar-refractivity contribution in [3.63, 3.8) is 0 Å². The maximum absolute atomic E-state index is 9.63. The first kappa shape index (κ1) is 29.3. The van der Waals surface area contributed by atoms with Gasteiger partial charge in [0.2, 0.25) is 0 Å². The van der Waals surface area contributed by atoms with Crippen LogP contribution in [0.5, 0.6) is 0 Å². The van der Waals surface area contributed by atoms with E-state index in [1.807, 2.05) is 0 Å². The molecule has 0 unspecified atom stereocenters. The van der Waals surface area contributed by atoms with Gasteiger partial charge in [-0.3, -0.25) is 0 Å². The van der Waals surface area contributed by atoms with Gasteiger partial charge in [0, 0.05) is 0 Å². The van der Waals surface area contributed by atoms with Gasteiger partial charge in [-0.15, -0.1) is 0 Å². The van der Waals surface area contributed by atoms with Crippen molar-refractivity contribution in [2.45, 2.75) is 0 Å². The Hall–Kier alpha value is 1.78. The monoisotopic (exact) mass is 272 g/mol. The standard InChI is InChI=1S/K.H4O7P2.3H2O.H/c;1-8(2,3)7-9(4,5)6;;;;/h;(H2,1,2,3)(H2,4,5,6);3*1H2;. The Labute approximate surface area is 115 Å². The summed E-state index contributed by atoms with van der Waals surface area (Å²) in [5.74, 6) is 0. The zero-order chi connectivity index (χ0) is 7.71. The van der Waals surface area contributed by atoms with Crippen molar-refractivity contribution >= 4 is 67.0 Å². The third-order valence-electron chi connectivity index (χ3n) is 0.213. The van der Waals surface area contributed by atoms with Crippen LogP contribution in [0.1, 0.15) is 0 Å². The van der Waals surface area contributed by atoms with Crippen LogP contribution in [0.25, 0.3) is 0 Å². The molecule has 0 spiro atoms. The topological polar surface area (TPSA) is 219 Å². The second-order valence-corrected chi connectivity index (χ2v) is 3.68. The molecule has 0 aliphatic rings. The predicted molar refractivity (Wildman–Crippen MR) is 43.2 cm³/mol. The molecular formula is H11KO10P2. The van der Waals surface area contributed by atoms with Crippen LogP contribution in [-0.4, -0.2) is 87.4 Å². The molecule has 0 aromatic carbocycles. The molecule has 0 aliphatic carbocycles. The molecule has 0 aromatic rings. The van der Waals surface area contributed by atoms with Gasteiger partial charge in [-0.05, 0) is 0 Å². The molecular weight excluding hydrogens is 261 g/mol. The molecule has 0 rings (SSSR count). The normalized spacial score (nSPS) is 9.54. The molecule has 0 fully saturated rings. The van der Waals surface area contributed by atoms with E-state index in [9.17, 15) is 9.13 Å². The Bertz CT molecular complexity index is 153. The number of hydrogen-bond acceptors (Lipinski definition) is 3. The molecule has 0 aliphatic heterocycles. The zero-order valence-corrected chi connectivity index (χ0v) is 7.20. The van der Waals surface area contributed by atoms with E-state index in [0.717, 1.165) is 0 Å². The van der Waals surface area contributed by atoms with Crippen molar-refractivity contribution in [3.8, 4) is 0 Å². The van der Waals surface area contributed by atoms with Gasteiger partial charge in [-0.2, -0.15) is 4.31 Å². The molecule has 0 heterocycles. The van der Waals surface area contributed by atoms with Gasteiger partial charge in [-0.1, -0.05) is 0 Å². The van der Waals surface area contributed by atoms with E-state index in [2.05, 4.69) is 4.31 Å².